The lowest BCUT2D eigenvalue weighted by Gasteiger charge is -2.22. The molecule has 1 N–H and O–H groups in total. The first-order valence-corrected chi connectivity index (χ1v) is 9.15. The van der Waals surface area contributed by atoms with Gasteiger partial charge >= 0.3 is 5.91 Å². The van der Waals surface area contributed by atoms with Crippen molar-refractivity contribution in [2.75, 3.05) is 4.90 Å². The Kier molecular flexibility index (Phi) is 4.29. The third-order valence-electron chi connectivity index (χ3n) is 4.44. The Labute approximate surface area is 159 Å². The first-order chi connectivity index (χ1) is 13.1. The number of aliphatic hydroxyl groups is 1. The highest BCUT2D eigenvalue weighted by Crippen LogP contribution is 2.42. The first-order valence-electron chi connectivity index (χ1n) is 8.27. The molecule has 3 aromatic rings. The zero-order valence-electron chi connectivity index (χ0n) is 14.4. The zero-order valence-corrected chi connectivity index (χ0v) is 15.2. The largest absolute Gasteiger partial charge is 0.507 e. The van der Waals surface area contributed by atoms with E-state index >= 15 is 0 Å². The Bertz CT molecular complexity index is 1030. The molecule has 0 bridgehead atoms. The van der Waals surface area contributed by atoms with E-state index in [1.807, 2.05) is 37.3 Å². The molecule has 0 saturated carbocycles. The van der Waals surface area contributed by atoms with Crippen LogP contribution in [0, 0.1) is 6.92 Å². The Morgan fingerprint density at radius 1 is 1.07 bits per heavy atom. The number of benzene rings is 2. The number of anilines is 1. The van der Waals surface area contributed by atoms with Gasteiger partial charge in [-0.1, -0.05) is 71.5 Å². The molecule has 7 heteroatoms. The fourth-order valence-electron chi connectivity index (χ4n) is 3.12. The monoisotopic (exact) mass is 377 g/mol. The van der Waals surface area contributed by atoms with Gasteiger partial charge < -0.3 is 5.11 Å². The van der Waals surface area contributed by atoms with Gasteiger partial charge in [-0.15, -0.1) is 10.2 Å². The van der Waals surface area contributed by atoms with Crippen LogP contribution in [0.4, 0.5) is 5.13 Å². The normalized spacial score (nSPS) is 18.9. The summed E-state index contributed by atoms with van der Waals surface area (Å²) in [4.78, 5) is 26.9. The van der Waals surface area contributed by atoms with E-state index in [0.717, 1.165) is 16.9 Å². The minimum atomic E-state index is -0.765. The van der Waals surface area contributed by atoms with Crippen LogP contribution in [0.15, 0.2) is 65.7 Å². The molecule has 1 fully saturated rings. The minimum absolute atomic E-state index is 0.0465. The summed E-state index contributed by atoms with van der Waals surface area (Å²) in [6, 6.07) is 15.5. The van der Waals surface area contributed by atoms with Gasteiger partial charge in [0.2, 0.25) is 5.13 Å². The van der Waals surface area contributed by atoms with Crippen molar-refractivity contribution in [3.05, 3.63) is 82.4 Å². The van der Waals surface area contributed by atoms with Crippen LogP contribution in [0.2, 0.25) is 0 Å². The summed E-state index contributed by atoms with van der Waals surface area (Å²) in [5.74, 6) is -1.67. The molecule has 1 unspecified atom stereocenters. The number of ketones is 1. The fraction of sp³-hybridized carbons (Fsp3) is 0.100. The molecule has 1 aliphatic rings. The predicted octanol–water partition coefficient (Wildman–Crippen LogP) is 3.47. The summed E-state index contributed by atoms with van der Waals surface area (Å²) >= 11 is 1.16. The van der Waals surface area contributed by atoms with Crippen LogP contribution in [0.3, 0.4) is 0 Å². The highest BCUT2D eigenvalue weighted by atomic mass is 32.1. The van der Waals surface area contributed by atoms with Crippen molar-refractivity contribution in [2.24, 2.45) is 0 Å². The lowest BCUT2D eigenvalue weighted by Crippen LogP contribution is -2.29. The molecule has 1 aliphatic heterocycles. The number of rotatable bonds is 3. The molecular formula is C20H15N3O3S. The summed E-state index contributed by atoms with van der Waals surface area (Å²) < 4.78 is 0. The van der Waals surface area contributed by atoms with E-state index in [1.165, 1.54) is 10.4 Å². The van der Waals surface area contributed by atoms with Gasteiger partial charge in [0.05, 0.1) is 11.6 Å². The van der Waals surface area contributed by atoms with E-state index < -0.39 is 17.7 Å². The molecule has 0 aliphatic carbocycles. The van der Waals surface area contributed by atoms with Gasteiger partial charge in [0.1, 0.15) is 11.3 Å². The number of hydrogen-bond acceptors (Lipinski definition) is 6. The van der Waals surface area contributed by atoms with E-state index in [0.29, 0.717) is 16.3 Å². The highest BCUT2D eigenvalue weighted by Gasteiger charge is 2.48. The summed E-state index contributed by atoms with van der Waals surface area (Å²) in [6.45, 7) is 1.95. The van der Waals surface area contributed by atoms with Gasteiger partial charge in [0, 0.05) is 5.56 Å². The van der Waals surface area contributed by atoms with Gasteiger partial charge in [-0.25, -0.2) is 0 Å². The van der Waals surface area contributed by atoms with E-state index in [-0.39, 0.29) is 11.3 Å². The Morgan fingerprint density at radius 3 is 2.41 bits per heavy atom. The number of nitrogens with zero attached hydrogens (tertiary/aromatic N) is 3. The number of hydrogen-bond donors (Lipinski definition) is 1. The van der Waals surface area contributed by atoms with Crippen molar-refractivity contribution < 1.29 is 14.7 Å². The number of aliphatic hydroxyl groups excluding tert-OH is 1. The number of carbonyl (C=O) groups excluding carboxylic acids is 2. The van der Waals surface area contributed by atoms with E-state index in [4.69, 9.17) is 0 Å². The second kappa shape index (κ2) is 6.77. The molecule has 4 rings (SSSR count). The summed E-state index contributed by atoms with van der Waals surface area (Å²) in [5, 5.41) is 18.9. The SMILES string of the molecule is Cc1ccc(C2/C(=C(/O)c3ccccc3)C(=O)C(=O)N2c2nncs2)cc1. The molecule has 0 radical (unpaired) electrons. The van der Waals surface area contributed by atoms with Crippen LogP contribution < -0.4 is 4.90 Å². The van der Waals surface area contributed by atoms with Crippen LogP contribution in [0.5, 0.6) is 0 Å². The highest BCUT2D eigenvalue weighted by molar-refractivity contribution is 7.13. The maximum absolute atomic E-state index is 12.8. The zero-order chi connectivity index (χ0) is 19.0. The number of carbonyl (C=O) groups is 2. The molecule has 2 heterocycles. The quantitative estimate of drug-likeness (QED) is 0.429. The van der Waals surface area contributed by atoms with Crippen molar-refractivity contribution in [2.45, 2.75) is 13.0 Å². The lowest BCUT2D eigenvalue weighted by molar-refractivity contribution is -0.132. The molecule has 1 amide bonds. The van der Waals surface area contributed by atoms with Crippen molar-refractivity contribution in [3.63, 3.8) is 0 Å². The van der Waals surface area contributed by atoms with Crippen LogP contribution >= 0.6 is 11.3 Å². The molecular weight excluding hydrogens is 362 g/mol. The second-order valence-corrected chi connectivity index (χ2v) is 6.98. The number of aryl methyl sites for hydroxylation is 1. The average molecular weight is 377 g/mol. The predicted molar refractivity (Wildman–Crippen MR) is 102 cm³/mol. The van der Waals surface area contributed by atoms with Gasteiger partial charge in [-0.05, 0) is 12.5 Å². The molecule has 1 aromatic heterocycles. The van der Waals surface area contributed by atoms with Gasteiger partial charge in [0.15, 0.2) is 0 Å². The van der Waals surface area contributed by atoms with Gasteiger partial charge in [-0.2, -0.15) is 0 Å². The minimum Gasteiger partial charge on any atom is -0.507 e. The number of aromatic nitrogens is 2. The van der Waals surface area contributed by atoms with Gasteiger partial charge in [-0.3, -0.25) is 14.5 Å². The van der Waals surface area contributed by atoms with Gasteiger partial charge in [0.25, 0.3) is 5.78 Å². The van der Waals surface area contributed by atoms with Crippen LogP contribution in [0.25, 0.3) is 5.76 Å². The molecule has 2 aromatic carbocycles. The Hall–Kier alpha value is -3.32. The van der Waals surface area contributed by atoms with E-state index in [9.17, 15) is 14.7 Å². The molecule has 1 saturated heterocycles. The summed E-state index contributed by atoms with van der Waals surface area (Å²) in [7, 11) is 0. The Morgan fingerprint density at radius 2 is 1.78 bits per heavy atom. The third kappa shape index (κ3) is 2.92. The average Bonchev–Trinajstić information content (AvgIpc) is 3.30. The Balaban J connectivity index is 1.94. The second-order valence-electron chi connectivity index (χ2n) is 6.17. The summed E-state index contributed by atoms with van der Waals surface area (Å²) in [6.07, 6.45) is 0. The maximum atomic E-state index is 12.8. The molecule has 0 spiro atoms. The maximum Gasteiger partial charge on any atom is 0.301 e. The lowest BCUT2D eigenvalue weighted by atomic mass is 9.95. The van der Waals surface area contributed by atoms with E-state index in [1.54, 1.807) is 24.3 Å². The standard InChI is InChI=1S/C20H15N3O3S/c1-12-7-9-13(10-8-12)16-15(17(24)14-5-3-2-4-6-14)18(25)19(26)23(16)20-22-21-11-27-20/h2-11,16,24H,1H3/b17-15-. The van der Waals surface area contributed by atoms with Crippen molar-refractivity contribution in [1.82, 2.24) is 10.2 Å². The van der Waals surface area contributed by atoms with Crippen molar-refractivity contribution >= 4 is 33.9 Å². The van der Waals surface area contributed by atoms with Crippen LogP contribution in [-0.2, 0) is 9.59 Å². The molecule has 1 atom stereocenters. The number of Topliss-reactive ketones (excluding diaryl/α,β-unsaturated/α-hetero) is 1. The van der Waals surface area contributed by atoms with Crippen LogP contribution in [0.1, 0.15) is 22.7 Å². The summed E-state index contributed by atoms with van der Waals surface area (Å²) in [5.41, 5.74) is 3.79. The fourth-order valence-corrected chi connectivity index (χ4v) is 3.70. The van der Waals surface area contributed by atoms with Crippen LogP contribution in [-0.4, -0.2) is 27.0 Å². The first kappa shape index (κ1) is 17.1. The molecule has 6 nitrogen and oxygen atoms in total. The smallest absolute Gasteiger partial charge is 0.301 e. The van der Waals surface area contributed by atoms with E-state index in [2.05, 4.69) is 10.2 Å². The molecule has 134 valence electrons. The van der Waals surface area contributed by atoms with Crippen molar-refractivity contribution in [1.29, 1.82) is 0 Å². The number of amides is 1. The van der Waals surface area contributed by atoms with Crippen molar-refractivity contribution in [3.8, 4) is 0 Å². The topological polar surface area (TPSA) is 83.4 Å². The third-order valence-corrected chi connectivity index (χ3v) is 5.13. The molecule has 27 heavy (non-hydrogen) atoms.